The highest BCUT2D eigenvalue weighted by molar-refractivity contribution is 5.67. The zero-order valence-electron chi connectivity index (χ0n) is 38.0. The van der Waals surface area contributed by atoms with Crippen LogP contribution in [0.2, 0.25) is 0 Å². The zero-order valence-corrected chi connectivity index (χ0v) is 38.0. The molecule has 0 saturated carbocycles. The molecule has 0 aliphatic rings. The maximum Gasteiger partial charge on any atom is 0.0743 e. The maximum absolute atomic E-state index is 4.70. The van der Waals surface area contributed by atoms with E-state index >= 15 is 0 Å². The van der Waals surface area contributed by atoms with Gasteiger partial charge in [-0.1, -0.05) is 127 Å². The van der Waals surface area contributed by atoms with Crippen LogP contribution >= 0.6 is 0 Å². The number of benzene rings is 7. The van der Waals surface area contributed by atoms with Gasteiger partial charge in [0.2, 0.25) is 0 Å². The lowest BCUT2D eigenvalue weighted by Crippen LogP contribution is -2.02. The summed E-state index contributed by atoms with van der Waals surface area (Å²) in [6, 6.07) is 65.9. The summed E-state index contributed by atoms with van der Waals surface area (Å²) in [5.74, 6) is 0. The van der Waals surface area contributed by atoms with Gasteiger partial charge in [0.15, 0.2) is 0 Å². The Morgan fingerprint density at radius 1 is 0.288 bits per heavy atom. The molecule has 10 aromatic rings. The minimum Gasteiger partial charge on any atom is -0.233 e. The number of hydrogen-bond donors (Lipinski definition) is 0. The van der Waals surface area contributed by atoms with E-state index in [4.69, 9.17) is 15.3 Å². The standard InChI is InChI=1S/C60H54N6/c1-43-10-4-7-13-55(43)58-34-37-61-64(58)52-28-22-46(23-29-52)16-19-49-40-50(20-17-47-24-30-53(31-25-47)65-59(35-38-62-65)56-14-8-5-11-44(56)2)42-51(41-49)21-18-48-26-32-54(33-27-48)66-60(36-39-63-66)57-15-9-6-12-45(57)3/h4-15,22-42H,16-21H2,1-3H3. The van der Waals surface area contributed by atoms with Crippen molar-refractivity contribution >= 4 is 0 Å². The molecular weight excluding hydrogens is 805 g/mol. The van der Waals surface area contributed by atoms with Crippen molar-refractivity contribution in [1.29, 1.82) is 0 Å². The molecule has 0 saturated heterocycles. The molecule has 3 aromatic heterocycles. The van der Waals surface area contributed by atoms with E-state index in [2.05, 4.69) is 203 Å². The maximum atomic E-state index is 4.70. The summed E-state index contributed by atoms with van der Waals surface area (Å²) < 4.78 is 6.13. The molecule has 0 atom stereocenters. The van der Waals surface area contributed by atoms with Gasteiger partial charge >= 0.3 is 0 Å². The molecule has 0 amide bonds. The minimum atomic E-state index is 0.964. The van der Waals surface area contributed by atoms with Gasteiger partial charge in [0.05, 0.1) is 52.7 Å². The lowest BCUT2D eigenvalue weighted by atomic mass is 9.94. The molecular formula is C60H54N6. The topological polar surface area (TPSA) is 53.5 Å². The van der Waals surface area contributed by atoms with Crippen molar-refractivity contribution in [3.05, 3.63) is 251 Å². The van der Waals surface area contributed by atoms with Crippen LogP contribution in [-0.2, 0) is 38.5 Å². The average molecular weight is 859 g/mol. The molecule has 0 aliphatic carbocycles. The van der Waals surface area contributed by atoms with Crippen LogP contribution in [0, 0.1) is 20.8 Å². The highest BCUT2D eigenvalue weighted by atomic mass is 15.3. The molecule has 0 bridgehead atoms. The molecule has 6 heteroatoms. The third-order valence-corrected chi connectivity index (χ3v) is 13.0. The number of nitrogens with zero attached hydrogens (tertiary/aromatic N) is 6. The summed E-state index contributed by atoms with van der Waals surface area (Å²) in [5, 5.41) is 14.1. The van der Waals surface area contributed by atoms with Crippen LogP contribution in [0.1, 0.15) is 50.1 Å². The van der Waals surface area contributed by atoms with Crippen molar-refractivity contribution in [2.75, 3.05) is 0 Å². The van der Waals surface area contributed by atoms with Gasteiger partial charge < -0.3 is 0 Å². The van der Waals surface area contributed by atoms with Crippen LogP contribution in [0.25, 0.3) is 50.8 Å². The van der Waals surface area contributed by atoms with E-state index in [0.717, 1.165) is 72.7 Å². The molecule has 0 fully saturated rings. The SMILES string of the molecule is Cc1ccccc1-c1ccnn1-c1ccc(CCc2cc(CCc3ccc(-n4nccc4-c4ccccc4C)cc3)cc(CCc3ccc(-n4nccc4-c4ccccc4C)cc3)c2)cc1. The van der Waals surface area contributed by atoms with Gasteiger partial charge in [0.1, 0.15) is 0 Å². The molecule has 7 aromatic carbocycles. The van der Waals surface area contributed by atoms with E-state index in [9.17, 15) is 0 Å². The fourth-order valence-corrected chi connectivity index (χ4v) is 9.27. The Balaban J connectivity index is 0.855. The summed E-state index contributed by atoms with van der Waals surface area (Å²) in [5.41, 5.74) is 22.0. The Morgan fingerprint density at radius 3 is 0.818 bits per heavy atom. The van der Waals surface area contributed by atoms with Gasteiger partial charge in [-0.05, 0) is 164 Å². The third kappa shape index (κ3) is 9.22. The fourth-order valence-electron chi connectivity index (χ4n) is 9.27. The minimum absolute atomic E-state index is 0.964. The summed E-state index contributed by atoms with van der Waals surface area (Å²) >= 11 is 0. The lowest BCUT2D eigenvalue weighted by molar-refractivity contribution is 0.877. The van der Waals surface area contributed by atoms with E-state index in [0.29, 0.717) is 0 Å². The molecule has 0 N–H and O–H groups in total. The Hall–Kier alpha value is -7.83. The van der Waals surface area contributed by atoms with Crippen LogP contribution in [0.3, 0.4) is 0 Å². The Bertz CT molecular complexity index is 2860. The van der Waals surface area contributed by atoms with Gasteiger partial charge in [0.25, 0.3) is 0 Å². The number of hydrogen-bond acceptors (Lipinski definition) is 3. The summed E-state index contributed by atoms with van der Waals surface area (Å²) in [7, 11) is 0. The average Bonchev–Trinajstić information content (AvgIpc) is 4.16. The normalized spacial score (nSPS) is 11.3. The predicted molar refractivity (Wildman–Crippen MR) is 270 cm³/mol. The van der Waals surface area contributed by atoms with E-state index in [1.165, 1.54) is 66.8 Å². The molecule has 324 valence electrons. The zero-order chi connectivity index (χ0) is 44.8. The Morgan fingerprint density at radius 2 is 0.545 bits per heavy atom. The fraction of sp³-hybridized carbons (Fsp3) is 0.150. The first-order valence-electron chi connectivity index (χ1n) is 23.1. The van der Waals surface area contributed by atoms with Crippen LogP contribution < -0.4 is 0 Å². The van der Waals surface area contributed by atoms with Crippen molar-refractivity contribution in [3.63, 3.8) is 0 Å². The van der Waals surface area contributed by atoms with Crippen molar-refractivity contribution in [3.8, 4) is 50.8 Å². The molecule has 66 heavy (non-hydrogen) atoms. The predicted octanol–water partition coefficient (Wildman–Crippen LogP) is 13.5. The second kappa shape index (κ2) is 19.1. The van der Waals surface area contributed by atoms with Gasteiger partial charge in [-0.3, -0.25) is 0 Å². The van der Waals surface area contributed by atoms with E-state index in [1.54, 1.807) is 0 Å². The summed E-state index contributed by atoms with van der Waals surface area (Å²) in [6.07, 6.45) is 11.5. The van der Waals surface area contributed by atoms with Crippen LogP contribution in [0.15, 0.2) is 201 Å². The molecule has 3 heterocycles. The van der Waals surface area contributed by atoms with Gasteiger partial charge in [-0.2, -0.15) is 15.3 Å². The molecule has 0 radical (unpaired) electrons. The Kier molecular flexibility index (Phi) is 12.2. The second-order valence-electron chi connectivity index (χ2n) is 17.5. The smallest absolute Gasteiger partial charge is 0.0743 e. The van der Waals surface area contributed by atoms with E-state index < -0.39 is 0 Å². The number of rotatable bonds is 15. The van der Waals surface area contributed by atoms with Crippen molar-refractivity contribution < 1.29 is 0 Å². The second-order valence-corrected chi connectivity index (χ2v) is 17.5. The first kappa shape index (κ1) is 42.1. The monoisotopic (exact) mass is 858 g/mol. The number of aromatic nitrogens is 6. The molecule has 10 rings (SSSR count). The van der Waals surface area contributed by atoms with E-state index in [-0.39, 0.29) is 0 Å². The largest absolute Gasteiger partial charge is 0.233 e. The van der Waals surface area contributed by atoms with Crippen LogP contribution in [-0.4, -0.2) is 29.3 Å². The first-order chi connectivity index (χ1) is 32.4. The van der Waals surface area contributed by atoms with Gasteiger partial charge in [0, 0.05) is 16.7 Å². The highest BCUT2D eigenvalue weighted by Gasteiger charge is 2.13. The summed E-state index contributed by atoms with van der Waals surface area (Å²) in [6.45, 7) is 6.46. The van der Waals surface area contributed by atoms with Gasteiger partial charge in [-0.25, -0.2) is 14.0 Å². The number of aryl methyl sites for hydroxylation is 9. The third-order valence-electron chi connectivity index (χ3n) is 13.0. The summed E-state index contributed by atoms with van der Waals surface area (Å²) in [4.78, 5) is 0. The van der Waals surface area contributed by atoms with Crippen LogP contribution in [0.5, 0.6) is 0 Å². The highest BCUT2D eigenvalue weighted by Crippen LogP contribution is 2.29. The lowest BCUT2D eigenvalue weighted by Gasteiger charge is -2.13. The molecule has 6 nitrogen and oxygen atoms in total. The molecule has 0 aliphatic heterocycles. The first-order valence-corrected chi connectivity index (χ1v) is 23.1. The van der Waals surface area contributed by atoms with Crippen LogP contribution in [0.4, 0.5) is 0 Å². The van der Waals surface area contributed by atoms with E-state index in [1.807, 2.05) is 32.6 Å². The molecule has 0 spiro atoms. The van der Waals surface area contributed by atoms with Crippen molar-refractivity contribution in [2.24, 2.45) is 0 Å². The van der Waals surface area contributed by atoms with Gasteiger partial charge in [-0.15, -0.1) is 0 Å². The Labute approximate surface area is 388 Å². The molecule has 0 unspecified atom stereocenters. The quantitative estimate of drug-likeness (QED) is 0.103. The van der Waals surface area contributed by atoms with Crippen molar-refractivity contribution in [2.45, 2.75) is 59.3 Å². The van der Waals surface area contributed by atoms with Crippen molar-refractivity contribution in [1.82, 2.24) is 29.3 Å².